The Morgan fingerprint density at radius 3 is 2.31 bits per heavy atom. The molecular weight excluding hydrogens is 194 g/mol. The van der Waals surface area contributed by atoms with Gasteiger partial charge in [0.25, 0.3) is 0 Å². The highest BCUT2D eigenvalue weighted by Crippen LogP contribution is 2.36. The zero-order valence-corrected chi connectivity index (χ0v) is 11.2. The number of benzene rings is 1. The summed E-state index contributed by atoms with van der Waals surface area (Å²) < 4.78 is 0. The van der Waals surface area contributed by atoms with Crippen molar-refractivity contribution in [1.29, 1.82) is 0 Å². The Bertz CT molecular complexity index is 391. The van der Waals surface area contributed by atoms with E-state index in [1.807, 2.05) is 0 Å². The SMILES string of the molecule is CC(C)c1cc(C(C)C)c2c(c1)N(C)CC2. The van der Waals surface area contributed by atoms with E-state index in [1.54, 1.807) is 11.1 Å². The minimum Gasteiger partial charge on any atom is -0.374 e. The van der Waals surface area contributed by atoms with Crippen LogP contribution in [0.5, 0.6) is 0 Å². The van der Waals surface area contributed by atoms with Crippen molar-refractivity contribution in [2.75, 3.05) is 18.5 Å². The fourth-order valence-electron chi connectivity index (χ4n) is 2.56. The third kappa shape index (κ3) is 1.83. The summed E-state index contributed by atoms with van der Waals surface area (Å²) in [5.41, 5.74) is 6.10. The molecule has 0 aromatic heterocycles. The summed E-state index contributed by atoms with van der Waals surface area (Å²) >= 11 is 0. The molecule has 0 amide bonds. The summed E-state index contributed by atoms with van der Waals surface area (Å²) in [5.74, 6) is 1.26. The lowest BCUT2D eigenvalue weighted by Crippen LogP contribution is -2.12. The van der Waals surface area contributed by atoms with E-state index in [0.29, 0.717) is 11.8 Å². The smallest absolute Gasteiger partial charge is 0.0402 e. The molecule has 16 heavy (non-hydrogen) atoms. The van der Waals surface area contributed by atoms with E-state index < -0.39 is 0 Å². The molecule has 0 saturated heterocycles. The molecule has 1 aromatic rings. The van der Waals surface area contributed by atoms with Crippen molar-refractivity contribution in [2.45, 2.75) is 46.0 Å². The molecule has 0 atom stereocenters. The lowest BCUT2D eigenvalue weighted by Gasteiger charge is -2.19. The lowest BCUT2D eigenvalue weighted by molar-refractivity contribution is 0.824. The molecule has 0 bridgehead atoms. The average molecular weight is 217 g/mol. The van der Waals surface area contributed by atoms with E-state index in [4.69, 9.17) is 0 Å². The first-order valence-electron chi connectivity index (χ1n) is 6.38. The standard InChI is InChI=1S/C15H23N/c1-10(2)12-8-14(11(3)4)13-6-7-16(5)15(13)9-12/h8-11H,6-7H2,1-5H3. The maximum absolute atomic E-state index is 2.42. The Labute approximate surface area is 99.5 Å². The Morgan fingerprint density at radius 2 is 1.75 bits per heavy atom. The molecule has 2 rings (SSSR count). The normalized spacial score (nSPS) is 15.1. The summed E-state index contributed by atoms with van der Waals surface area (Å²) in [6.45, 7) is 10.3. The van der Waals surface area contributed by atoms with Crippen LogP contribution in [0.15, 0.2) is 12.1 Å². The van der Waals surface area contributed by atoms with E-state index in [9.17, 15) is 0 Å². The van der Waals surface area contributed by atoms with Gasteiger partial charge in [-0.3, -0.25) is 0 Å². The molecule has 0 aliphatic carbocycles. The predicted molar refractivity (Wildman–Crippen MR) is 71.6 cm³/mol. The van der Waals surface area contributed by atoms with Crippen molar-refractivity contribution in [3.05, 3.63) is 28.8 Å². The number of rotatable bonds is 2. The van der Waals surface area contributed by atoms with Crippen LogP contribution in [0.4, 0.5) is 5.69 Å². The Hall–Kier alpha value is -0.980. The van der Waals surface area contributed by atoms with Gasteiger partial charge in [-0.25, -0.2) is 0 Å². The molecule has 0 unspecified atom stereocenters. The van der Waals surface area contributed by atoms with Gasteiger partial charge in [0.1, 0.15) is 0 Å². The van der Waals surface area contributed by atoms with Crippen LogP contribution in [-0.2, 0) is 6.42 Å². The van der Waals surface area contributed by atoms with Crippen LogP contribution in [0.1, 0.15) is 56.2 Å². The third-order valence-electron chi connectivity index (χ3n) is 3.68. The van der Waals surface area contributed by atoms with Gasteiger partial charge in [-0.15, -0.1) is 0 Å². The number of anilines is 1. The maximum Gasteiger partial charge on any atom is 0.0402 e. The minimum atomic E-state index is 0.622. The van der Waals surface area contributed by atoms with Gasteiger partial charge >= 0.3 is 0 Å². The summed E-state index contributed by atoms with van der Waals surface area (Å²) in [4.78, 5) is 2.40. The summed E-state index contributed by atoms with van der Waals surface area (Å²) in [6, 6.07) is 4.81. The molecule has 88 valence electrons. The highest BCUT2D eigenvalue weighted by Gasteiger charge is 2.21. The minimum absolute atomic E-state index is 0.622. The van der Waals surface area contributed by atoms with E-state index in [0.717, 1.165) is 0 Å². The maximum atomic E-state index is 2.42. The highest BCUT2D eigenvalue weighted by atomic mass is 15.1. The van der Waals surface area contributed by atoms with Gasteiger partial charge in [0.2, 0.25) is 0 Å². The average Bonchev–Trinajstić information content (AvgIpc) is 2.59. The second-order valence-electron chi connectivity index (χ2n) is 5.59. The van der Waals surface area contributed by atoms with Gasteiger partial charge in [0, 0.05) is 19.3 Å². The van der Waals surface area contributed by atoms with Crippen molar-refractivity contribution < 1.29 is 0 Å². The zero-order valence-electron chi connectivity index (χ0n) is 11.2. The topological polar surface area (TPSA) is 3.24 Å². The summed E-state index contributed by atoms with van der Waals surface area (Å²) in [7, 11) is 2.21. The third-order valence-corrected chi connectivity index (χ3v) is 3.68. The van der Waals surface area contributed by atoms with Gasteiger partial charge < -0.3 is 4.90 Å². The number of likely N-dealkylation sites (N-methyl/N-ethyl adjacent to an activating group) is 1. The second-order valence-corrected chi connectivity index (χ2v) is 5.59. The highest BCUT2D eigenvalue weighted by molar-refractivity contribution is 5.63. The number of nitrogens with zero attached hydrogens (tertiary/aromatic N) is 1. The van der Waals surface area contributed by atoms with Crippen LogP contribution < -0.4 is 4.90 Å². The van der Waals surface area contributed by atoms with Gasteiger partial charge in [0.15, 0.2) is 0 Å². The molecule has 1 aliphatic rings. The molecule has 0 fully saturated rings. The van der Waals surface area contributed by atoms with E-state index in [-0.39, 0.29) is 0 Å². The lowest BCUT2D eigenvalue weighted by atomic mass is 9.90. The molecule has 0 radical (unpaired) electrons. The molecule has 1 aromatic carbocycles. The van der Waals surface area contributed by atoms with Crippen LogP contribution >= 0.6 is 0 Å². The first kappa shape index (κ1) is 11.5. The van der Waals surface area contributed by atoms with E-state index in [1.165, 1.54) is 24.2 Å². The van der Waals surface area contributed by atoms with E-state index in [2.05, 4.69) is 51.8 Å². The van der Waals surface area contributed by atoms with Gasteiger partial charge in [-0.1, -0.05) is 33.8 Å². The van der Waals surface area contributed by atoms with Crippen LogP contribution in [0.25, 0.3) is 0 Å². The van der Waals surface area contributed by atoms with Crippen LogP contribution in [0.3, 0.4) is 0 Å². The Balaban J connectivity index is 2.57. The van der Waals surface area contributed by atoms with Crippen molar-refractivity contribution >= 4 is 5.69 Å². The molecule has 1 heterocycles. The van der Waals surface area contributed by atoms with Crippen LogP contribution in [0, 0.1) is 0 Å². The molecule has 0 N–H and O–H groups in total. The van der Waals surface area contributed by atoms with Gasteiger partial charge in [0.05, 0.1) is 0 Å². The number of fused-ring (bicyclic) bond motifs is 1. The Kier molecular flexibility index (Phi) is 2.96. The second kappa shape index (κ2) is 4.12. The predicted octanol–water partition coefficient (Wildman–Crippen LogP) is 3.93. The van der Waals surface area contributed by atoms with E-state index >= 15 is 0 Å². The first-order valence-corrected chi connectivity index (χ1v) is 6.38. The number of hydrogen-bond donors (Lipinski definition) is 0. The van der Waals surface area contributed by atoms with Crippen molar-refractivity contribution in [3.63, 3.8) is 0 Å². The Morgan fingerprint density at radius 1 is 1.06 bits per heavy atom. The molecule has 0 spiro atoms. The fraction of sp³-hybridized carbons (Fsp3) is 0.600. The molecule has 1 aliphatic heterocycles. The molecular formula is C15H23N. The summed E-state index contributed by atoms with van der Waals surface area (Å²) in [5, 5.41) is 0. The van der Waals surface area contributed by atoms with Crippen LogP contribution in [-0.4, -0.2) is 13.6 Å². The largest absolute Gasteiger partial charge is 0.374 e. The zero-order chi connectivity index (χ0) is 11.9. The van der Waals surface area contributed by atoms with Crippen LogP contribution in [0.2, 0.25) is 0 Å². The first-order chi connectivity index (χ1) is 7.50. The van der Waals surface area contributed by atoms with Crippen molar-refractivity contribution in [3.8, 4) is 0 Å². The molecule has 1 nitrogen and oxygen atoms in total. The molecule has 1 heteroatoms. The number of hydrogen-bond acceptors (Lipinski definition) is 1. The van der Waals surface area contributed by atoms with Gasteiger partial charge in [-0.05, 0) is 41.0 Å². The quantitative estimate of drug-likeness (QED) is 0.725. The monoisotopic (exact) mass is 217 g/mol. The summed E-state index contributed by atoms with van der Waals surface area (Å²) in [6.07, 6.45) is 1.22. The fourth-order valence-corrected chi connectivity index (χ4v) is 2.56. The van der Waals surface area contributed by atoms with Gasteiger partial charge in [-0.2, -0.15) is 0 Å². The van der Waals surface area contributed by atoms with Crippen molar-refractivity contribution in [2.24, 2.45) is 0 Å². The van der Waals surface area contributed by atoms with Crippen molar-refractivity contribution in [1.82, 2.24) is 0 Å². The molecule has 0 saturated carbocycles.